The van der Waals surface area contributed by atoms with E-state index in [1.165, 1.54) is 45.1 Å². The van der Waals surface area contributed by atoms with Crippen molar-refractivity contribution < 1.29 is 4.74 Å². The van der Waals surface area contributed by atoms with Crippen LogP contribution in [0.4, 0.5) is 0 Å². The van der Waals surface area contributed by atoms with Crippen LogP contribution >= 0.6 is 0 Å². The second-order valence-corrected chi connectivity index (χ2v) is 6.25. The molecule has 0 bridgehead atoms. The van der Waals surface area contributed by atoms with Crippen molar-refractivity contribution >= 4 is 0 Å². The summed E-state index contributed by atoms with van der Waals surface area (Å²) < 4.78 is 5.48. The minimum Gasteiger partial charge on any atom is -0.381 e. The maximum atomic E-state index is 5.48. The second-order valence-electron chi connectivity index (χ2n) is 6.25. The Labute approximate surface area is 100 Å². The lowest BCUT2D eigenvalue weighted by Crippen LogP contribution is -2.61. The third-order valence-electron chi connectivity index (χ3n) is 4.84. The lowest BCUT2D eigenvalue weighted by atomic mass is 9.64. The molecule has 0 heterocycles. The van der Waals surface area contributed by atoms with E-state index >= 15 is 0 Å². The molecule has 0 aromatic heterocycles. The zero-order valence-corrected chi connectivity index (χ0v) is 11.1. The lowest BCUT2D eigenvalue weighted by molar-refractivity contribution is -0.0982. The predicted octanol–water partition coefficient (Wildman–Crippen LogP) is 2.97. The SMILES string of the molecule is COC1CC(NCC2CCCCC2)C1(C)C. The molecular weight excluding hydrogens is 198 g/mol. The molecule has 16 heavy (non-hydrogen) atoms. The normalized spacial score (nSPS) is 34.7. The molecule has 2 fully saturated rings. The average molecular weight is 225 g/mol. The third-order valence-corrected chi connectivity index (χ3v) is 4.84. The van der Waals surface area contributed by atoms with E-state index in [0.29, 0.717) is 17.6 Å². The molecule has 0 spiro atoms. The Morgan fingerprint density at radius 1 is 1.19 bits per heavy atom. The van der Waals surface area contributed by atoms with Gasteiger partial charge in [0.2, 0.25) is 0 Å². The summed E-state index contributed by atoms with van der Waals surface area (Å²) in [7, 11) is 1.84. The van der Waals surface area contributed by atoms with Crippen molar-refractivity contribution in [2.75, 3.05) is 13.7 Å². The van der Waals surface area contributed by atoms with E-state index in [1.807, 2.05) is 7.11 Å². The summed E-state index contributed by atoms with van der Waals surface area (Å²) in [6.45, 7) is 5.87. The quantitative estimate of drug-likeness (QED) is 0.794. The first-order valence-electron chi connectivity index (χ1n) is 6.90. The van der Waals surface area contributed by atoms with Crippen molar-refractivity contribution in [1.29, 1.82) is 0 Å². The van der Waals surface area contributed by atoms with Crippen LogP contribution in [0.1, 0.15) is 52.4 Å². The summed E-state index contributed by atoms with van der Waals surface area (Å²) in [5.41, 5.74) is 0.323. The Bertz CT molecular complexity index is 221. The summed E-state index contributed by atoms with van der Waals surface area (Å²) in [6.07, 6.45) is 8.87. The number of hydrogen-bond acceptors (Lipinski definition) is 2. The first kappa shape index (κ1) is 12.4. The topological polar surface area (TPSA) is 21.3 Å². The van der Waals surface area contributed by atoms with Gasteiger partial charge in [-0.05, 0) is 31.7 Å². The minimum atomic E-state index is 0.323. The zero-order chi connectivity index (χ0) is 11.6. The summed E-state index contributed by atoms with van der Waals surface area (Å²) in [4.78, 5) is 0. The Hall–Kier alpha value is -0.0800. The smallest absolute Gasteiger partial charge is 0.0652 e. The van der Waals surface area contributed by atoms with E-state index in [1.54, 1.807) is 0 Å². The van der Waals surface area contributed by atoms with Gasteiger partial charge in [0.1, 0.15) is 0 Å². The molecule has 2 nitrogen and oxygen atoms in total. The van der Waals surface area contributed by atoms with Gasteiger partial charge in [0.05, 0.1) is 6.10 Å². The van der Waals surface area contributed by atoms with Gasteiger partial charge in [-0.25, -0.2) is 0 Å². The Kier molecular flexibility index (Phi) is 3.91. The number of rotatable bonds is 4. The first-order chi connectivity index (χ1) is 7.64. The molecule has 94 valence electrons. The fourth-order valence-corrected chi connectivity index (χ4v) is 3.33. The third kappa shape index (κ3) is 2.43. The highest BCUT2D eigenvalue weighted by Gasteiger charge is 2.48. The summed E-state index contributed by atoms with van der Waals surface area (Å²) in [5.74, 6) is 0.936. The molecule has 2 aliphatic carbocycles. The molecule has 2 rings (SSSR count). The van der Waals surface area contributed by atoms with Crippen LogP contribution in [0.25, 0.3) is 0 Å². The fraction of sp³-hybridized carbons (Fsp3) is 1.00. The van der Waals surface area contributed by atoms with Crippen LogP contribution in [0.2, 0.25) is 0 Å². The standard InChI is InChI=1S/C14H27NO/c1-14(2)12(9-13(14)16-3)15-10-11-7-5-4-6-8-11/h11-13,15H,4-10H2,1-3H3. The monoisotopic (exact) mass is 225 g/mol. The van der Waals surface area contributed by atoms with Gasteiger partial charge in [0, 0.05) is 18.6 Å². The highest BCUT2D eigenvalue weighted by Crippen LogP contribution is 2.42. The van der Waals surface area contributed by atoms with Gasteiger partial charge in [-0.2, -0.15) is 0 Å². The summed E-state index contributed by atoms with van der Waals surface area (Å²) in [5, 5.41) is 3.76. The Balaban J connectivity index is 1.71. The molecule has 0 aromatic carbocycles. The van der Waals surface area contributed by atoms with Crippen LogP contribution in [0.15, 0.2) is 0 Å². The minimum absolute atomic E-state index is 0.323. The molecule has 0 aliphatic heterocycles. The van der Waals surface area contributed by atoms with E-state index in [-0.39, 0.29) is 0 Å². The fourth-order valence-electron chi connectivity index (χ4n) is 3.33. The van der Waals surface area contributed by atoms with Crippen molar-refractivity contribution in [3.05, 3.63) is 0 Å². The van der Waals surface area contributed by atoms with Gasteiger partial charge in [-0.15, -0.1) is 0 Å². The van der Waals surface area contributed by atoms with E-state index in [0.717, 1.165) is 5.92 Å². The van der Waals surface area contributed by atoms with Crippen molar-refractivity contribution in [1.82, 2.24) is 5.32 Å². The van der Waals surface area contributed by atoms with Gasteiger partial charge in [-0.1, -0.05) is 33.1 Å². The number of ether oxygens (including phenoxy) is 1. The second kappa shape index (κ2) is 5.05. The molecule has 2 unspecified atom stereocenters. The Morgan fingerprint density at radius 2 is 1.88 bits per heavy atom. The van der Waals surface area contributed by atoms with Crippen molar-refractivity contribution in [3.63, 3.8) is 0 Å². The average Bonchev–Trinajstić information content (AvgIpc) is 2.29. The van der Waals surface area contributed by atoms with Crippen molar-refractivity contribution in [2.24, 2.45) is 11.3 Å². The number of methoxy groups -OCH3 is 1. The maximum absolute atomic E-state index is 5.48. The van der Waals surface area contributed by atoms with Crippen LogP contribution in [0.3, 0.4) is 0 Å². The molecular formula is C14H27NO. The van der Waals surface area contributed by atoms with Gasteiger partial charge < -0.3 is 10.1 Å². The van der Waals surface area contributed by atoms with Crippen molar-refractivity contribution in [3.8, 4) is 0 Å². The van der Waals surface area contributed by atoms with Crippen molar-refractivity contribution in [2.45, 2.75) is 64.5 Å². The molecule has 0 amide bonds. The number of nitrogens with one attached hydrogen (secondary N) is 1. The van der Waals surface area contributed by atoms with Crippen LogP contribution in [0.5, 0.6) is 0 Å². The molecule has 0 saturated heterocycles. The molecule has 2 saturated carbocycles. The molecule has 2 aliphatic rings. The highest BCUT2D eigenvalue weighted by molar-refractivity contribution is 5.02. The molecule has 2 heteroatoms. The summed E-state index contributed by atoms with van der Waals surface area (Å²) >= 11 is 0. The van der Waals surface area contributed by atoms with Gasteiger partial charge >= 0.3 is 0 Å². The van der Waals surface area contributed by atoms with Crippen LogP contribution in [-0.4, -0.2) is 25.8 Å². The highest BCUT2D eigenvalue weighted by atomic mass is 16.5. The molecule has 1 N–H and O–H groups in total. The van der Waals surface area contributed by atoms with E-state index in [2.05, 4.69) is 19.2 Å². The van der Waals surface area contributed by atoms with Gasteiger partial charge in [0.25, 0.3) is 0 Å². The Morgan fingerprint density at radius 3 is 2.44 bits per heavy atom. The van der Waals surface area contributed by atoms with Gasteiger partial charge in [-0.3, -0.25) is 0 Å². The number of hydrogen-bond donors (Lipinski definition) is 1. The van der Waals surface area contributed by atoms with Gasteiger partial charge in [0.15, 0.2) is 0 Å². The van der Waals surface area contributed by atoms with Crippen LogP contribution in [0, 0.1) is 11.3 Å². The first-order valence-corrected chi connectivity index (χ1v) is 6.90. The molecule has 2 atom stereocenters. The van der Waals surface area contributed by atoms with E-state index in [9.17, 15) is 0 Å². The molecule has 0 aromatic rings. The largest absolute Gasteiger partial charge is 0.381 e. The lowest BCUT2D eigenvalue weighted by Gasteiger charge is -2.52. The maximum Gasteiger partial charge on any atom is 0.0652 e. The van der Waals surface area contributed by atoms with Crippen LogP contribution in [-0.2, 0) is 4.74 Å². The van der Waals surface area contributed by atoms with E-state index in [4.69, 9.17) is 4.74 Å². The molecule has 0 radical (unpaired) electrons. The predicted molar refractivity (Wildman–Crippen MR) is 67.6 cm³/mol. The zero-order valence-electron chi connectivity index (χ0n) is 11.1. The summed E-state index contributed by atoms with van der Waals surface area (Å²) in [6, 6.07) is 0.666. The van der Waals surface area contributed by atoms with Crippen LogP contribution < -0.4 is 5.32 Å². The van der Waals surface area contributed by atoms with E-state index < -0.39 is 0 Å².